The molecule has 1 atom stereocenters. The minimum atomic E-state index is -3.81. The number of rotatable bonds is 12. The van der Waals surface area contributed by atoms with Crippen molar-refractivity contribution in [3.05, 3.63) is 99.5 Å². The Morgan fingerprint density at radius 3 is 2.17 bits per heavy atom. The summed E-state index contributed by atoms with van der Waals surface area (Å²) in [6.07, 6.45) is 1.37. The van der Waals surface area contributed by atoms with Gasteiger partial charge in [-0.15, -0.1) is 0 Å². The second kappa shape index (κ2) is 13.9. The number of carbonyl (C=O) groups is 2. The molecule has 0 aliphatic carbocycles. The zero-order valence-corrected chi connectivity index (χ0v) is 26.1. The van der Waals surface area contributed by atoms with E-state index in [4.69, 9.17) is 0 Å². The summed E-state index contributed by atoms with van der Waals surface area (Å²) < 4.78 is 27.8. The average molecular weight is 629 g/mol. The molecule has 0 saturated heterocycles. The van der Waals surface area contributed by atoms with Crippen LogP contribution in [0.15, 0.2) is 77.3 Å². The number of amides is 2. The normalized spacial score (nSPS) is 12.2. The van der Waals surface area contributed by atoms with Crippen molar-refractivity contribution in [3.63, 3.8) is 0 Å². The highest BCUT2D eigenvalue weighted by Crippen LogP contribution is 2.25. The third-order valence-electron chi connectivity index (χ3n) is 6.67. The number of hydrogen-bond acceptors (Lipinski definition) is 4. The van der Waals surface area contributed by atoms with Crippen molar-refractivity contribution in [1.29, 1.82) is 0 Å². The maximum absolute atomic E-state index is 14.1. The minimum Gasteiger partial charge on any atom is -0.354 e. The summed E-state index contributed by atoms with van der Waals surface area (Å²) in [7, 11) is -3.81. The fourth-order valence-electron chi connectivity index (χ4n) is 4.35. The summed E-state index contributed by atoms with van der Waals surface area (Å²) in [5, 5.41) is 3.00. The molecule has 9 heteroatoms. The summed E-state index contributed by atoms with van der Waals surface area (Å²) in [6, 6.07) is 21.5. The van der Waals surface area contributed by atoms with Gasteiger partial charge in [0.1, 0.15) is 12.6 Å². The molecule has 7 nitrogen and oxygen atoms in total. The molecule has 0 heterocycles. The second-order valence-corrected chi connectivity index (χ2v) is 13.3. The van der Waals surface area contributed by atoms with Gasteiger partial charge in [-0.25, -0.2) is 8.42 Å². The molecule has 0 aliphatic heterocycles. The van der Waals surface area contributed by atoms with E-state index in [0.717, 1.165) is 37.3 Å². The molecule has 1 N–H and O–H groups in total. The summed E-state index contributed by atoms with van der Waals surface area (Å²) >= 11 is 3.45. The Morgan fingerprint density at radius 2 is 1.57 bits per heavy atom. The molecule has 214 valence electrons. The third kappa shape index (κ3) is 8.66. The van der Waals surface area contributed by atoms with Crippen molar-refractivity contribution in [1.82, 2.24) is 10.2 Å². The van der Waals surface area contributed by atoms with Gasteiger partial charge >= 0.3 is 0 Å². The van der Waals surface area contributed by atoms with Crippen molar-refractivity contribution in [2.75, 3.05) is 23.7 Å². The van der Waals surface area contributed by atoms with Gasteiger partial charge in [0.05, 0.1) is 11.9 Å². The van der Waals surface area contributed by atoms with Gasteiger partial charge in [-0.3, -0.25) is 13.9 Å². The van der Waals surface area contributed by atoms with Gasteiger partial charge < -0.3 is 10.2 Å². The largest absolute Gasteiger partial charge is 0.354 e. The lowest BCUT2D eigenvalue weighted by Crippen LogP contribution is -2.53. The average Bonchev–Trinajstić information content (AvgIpc) is 2.90. The summed E-state index contributed by atoms with van der Waals surface area (Å²) in [5.41, 5.74) is 3.99. The number of halogens is 1. The van der Waals surface area contributed by atoms with Crippen molar-refractivity contribution in [2.24, 2.45) is 5.92 Å². The first-order valence-corrected chi connectivity index (χ1v) is 15.9. The zero-order chi connectivity index (χ0) is 29.4. The maximum atomic E-state index is 14.1. The first-order valence-electron chi connectivity index (χ1n) is 13.3. The van der Waals surface area contributed by atoms with Gasteiger partial charge in [0, 0.05) is 24.0 Å². The smallest absolute Gasteiger partial charge is 0.244 e. The van der Waals surface area contributed by atoms with Crippen molar-refractivity contribution < 1.29 is 18.0 Å². The Labute approximate surface area is 246 Å². The Hall–Kier alpha value is -3.17. The van der Waals surface area contributed by atoms with E-state index in [1.54, 1.807) is 18.2 Å². The van der Waals surface area contributed by atoms with Gasteiger partial charge in [-0.05, 0) is 60.2 Å². The Morgan fingerprint density at radius 1 is 0.925 bits per heavy atom. The lowest BCUT2D eigenvalue weighted by molar-refractivity contribution is -0.140. The highest BCUT2D eigenvalue weighted by atomic mass is 79.9. The maximum Gasteiger partial charge on any atom is 0.244 e. The summed E-state index contributed by atoms with van der Waals surface area (Å²) in [6.45, 7) is 8.01. The van der Waals surface area contributed by atoms with Crippen LogP contribution in [-0.4, -0.2) is 50.5 Å². The van der Waals surface area contributed by atoms with E-state index >= 15 is 0 Å². The fraction of sp³-hybridized carbons (Fsp3) is 0.355. The molecule has 0 bridgehead atoms. The van der Waals surface area contributed by atoms with Crippen molar-refractivity contribution in [3.8, 4) is 0 Å². The second-order valence-electron chi connectivity index (χ2n) is 10.5. The van der Waals surface area contributed by atoms with Crippen LogP contribution >= 0.6 is 15.9 Å². The summed E-state index contributed by atoms with van der Waals surface area (Å²) in [4.78, 5) is 29.3. The number of nitrogens with one attached hydrogen (secondary N) is 1. The lowest BCUT2D eigenvalue weighted by Gasteiger charge is -2.34. The van der Waals surface area contributed by atoms with Crippen LogP contribution < -0.4 is 9.62 Å². The van der Waals surface area contributed by atoms with Crippen LogP contribution in [0.4, 0.5) is 5.69 Å². The monoisotopic (exact) mass is 627 g/mol. The number of anilines is 1. The standard InChI is InChI=1S/C31H38BrN3O4S/c1-22(2)19-33-31(37)29(18-25-12-7-6-8-13-25)34(20-26-14-10-9-11-23(26)3)30(36)21-35(40(5,38)39)27-15-16-28(32)24(4)17-27/h6-17,22,29H,18-21H2,1-5H3,(H,33,37)/t29-/m1/s1. The van der Waals surface area contributed by atoms with E-state index in [1.807, 2.05) is 82.3 Å². The van der Waals surface area contributed by atoms with Crippen LogP contribution in [-0.2, 0) is 32.6 Å². The van der Waals surface area contributed by atoms with Gasteiger partial charge in [0.15, 0.2) is 0 Å². The molecule has 0 unspecified atom stereocenters. The van der Waals surface area contributed by atoms with E-state index in [0.29, 0.717) is 18.7 Å². The highest BCUT2D eigenvalue weighted by molar-refractivity contribution is 9.10. The molecule has 0 aromatic heterocycles. The molecule has 2 amide bonds. The molecule has 40 heavy (non-hydrogen) atoms. The van der Waals surface area contributed by atoms with E-state index in [1.165, 1.54) is 4.90 Å². The number of hydrogen-bond donors (Lipinski definition) is 1. The van der Waals surface area contributed by atoms with Crippen LogP contribution in [0.3, 0.4) is 0 Å². The molecule has 0 aliphatic rings. The van der Waals surface area contributed by atoms with E-state index in [-0.39, 0.29) is 18.4 Å². The minimum absolute atomic E-state index is 0.162. The molecule has 3 aromatic carbocycles. The van der Waals surface area contributed by atoms with Crippen LogP contribution in [0.2, 0.25) is 0 Å². The van der Waals surface area contributed by atoms with Gasteiger partial charge in [-0.1, -0.05) is 84.4 Å². The Bertz CT molecular complexity index is 1430. The molecular formula is C31H38BrN3O4S. The number of nitrogens with zero attached hydrogens (tertiary/aromatic N) is 2. The van der Waals surface area contributed by atoms with E-state index < -0.39 is 28.5 Å². The molecule has 3 rings (SSSR count). The van der Waals surface area contributed by atoms with Gasteiger partial charge in [0.2, 0.25) is 21.8 Å². The molecule has 0 saturated carbocycles. The number of sulfonamides is 1. The van der Waals surface area contributed by atoms with Crippen molar-refractivity contribution >= 4 is 43.5 Å². The Kier molecular flexibility index (Phi) is 10.9. The van der Waals surface area contributed by atoms with E-state index in [9.17, 15) is 18.0 Å². The third-order valence-corrected chi connectivity index (χ3v) is 8.70. The number of benzene rings is 3. The first kappa shape index (κ1) is 31.4. The molecular weight excluding hydrogens is 590 g/mol. The molecule has 0 spiro atoms. The van der Waals surface area contributed by atoms with Crippen LogP contribution in [0.5, 0.6) is 0 Å². The van der Waals surface area contributed by atoms with Crippen LogP contribution in [0, 0.1) is 19.8 Å². The number of aryl methyl sites for hydroxylation is 2. The highest BCUT2D eigenvalue weighted by Gasteiger charge is 2.33. The van der Waals surface area contributed by atoms with Crippen LogP contribution in [0.1, 0.15) is 36.1 Å². The zero-order valence-electron chi connectivity index (χ0n) is 23.7. The molecule has 0 fully saturated rings. The number of carbonyl (C=O) groups excluding carboxylic acids is 2. The topological polar surface area (TPSA) is 86.8 Å². The summed E-state index contributed by atoms with van der Waals surface area (Å²) in [5.74, 6) is -0.511. The molecule has 3 aromatic rings. The Balaban J connectivity index is 2.07. The van der Waals surface area contributed by atoms with Gasteiger partial charge in [-0.2, -0.15) is 0 Å². The lowest BCUT2D eigenvalue weighted by atomic mass is 10.0. The SMILES string of the molecule is Cc1cc(N(CC(=O)N(Cc2ccccc2C)[C@H](Cc2ccccc2)C(=O)NCC(C)C)S(C)(=O)=O)ccc1Br. The quantitative estimate of drug-likeness (QED) is 0.297. The van der Waals surface area contributed by atoms with Crippen molar-refractivity contribution in [2.45, 2.75) is 46.7 Å². The molecule has 0 radical (unpaired) electrons. The first-order chi connectivity index (χ1) is 18.9. The van der Waals surface area contributed by atoms with Crippen LogP contribution in [0.25, 0.3) is 0 Å². The predicted molar refractivity (Wildman–Crippen MR) is 165 cm³/mol. The van der Waals surface area contributed by atoms with Gasteiger partial charge in [0.25, 0.3) is 0 Å². The predicted octanol–water partition coefficient (Wildman–Crippen LogP) is 5.24. The van der Waals surface area contributed by atoms with E-state index in [2.05, 4.69) is 21.2 Å². The fourth-order valence-corrected chi connectivity index (χ4v) is 5.43.